The molecule has 0 aliphatic carbocycles. The molecule has 144 valence electrons. The SMILES string of the molecule is CC(CCNC(=O)C(NC(=O)c1ccccc1Cl)C(C)C)c1ccccc1. The topological polar surface area (TPSA) is 58.2 Å². The average molecular weight is 387 g/mol. The van der Waals surface area contributed by atoms with E-state index < -0.39 is 6.04 Å². The van der Waals surface area contributed by atoms with Gasteiger partial charge in [-0.05, 0) is 36.0 Å². The molecule has 2 amide bonds. The predicted molar refractivity (Wildman–Crippen MR) is 110 cm³/mol. The van der Waals surface area contributed by atoms with E-state index in [2.05, 4.69) is 29.7 Å². The van der Waals surface area contributed by atoms with Gasteiger partial charge >= 0.3 is 0 Å². The number of rotatable bonds is 8. The Morgan fingerprint density at radius 2 is 1.59 bits per heavy atom. The molecule has 2 aromatic rings. The lowest BCUT2D eigenvalue weighted by Crippen LogP contribution is -2.50. The Morgan fingerprint density at radius 1 is 0.963 bits per heavy atom. The smallest absolute Gasteiger partial charge is 0.253 e. The van der Waals surface area contributed by atoms with Crippen LogP contribution in [0.5, 0.6) is 0 Å². The van der Waals surface area contributed by atoms with Gasteiger partial charge in [-0.3, -0.25) is 9.59 Å². The van der Waals surface area contributed by atoms with Crippen molar-refractivity contribution in [1.29, 1.82) is 0 Å². The largest absolute Gasteiger partial charge is 0.354 e. The molecule has 0 bridgehead atoms. The summed E-state index contributed by atoms with van der Waals surface area (Å²) in [4.78, 5) is 25.1. The summed E-state index contributed by atoms with van der Waals surface area (Å²) in [6.07, 6.45) is 0.832. The van der Waals surface area contributed by atoms with E-state index in [1.54, 1.807) is 24.3 Å². The van der Waals surface area contributed by atoms with Gasteiger partial charge < -0.3 is 10.6 Å². The summed E-state index contributed by atoms with van der Waals surface area (Å²) >= 11 is 6.08. The molecule has 0 heterocycles. The molecule has 27 heavy (non-hydrogen) atoms. The fourth-order valence-electron chi connectivity index (χ4n) is 2.87. The first-order valence-electron chi connectivity index (χ1n) is 9.28. The minimum atomic E-state index is -0.610. The van der Waals surface area contributed by atoms with Gasteiger partial charge in [0.25, 0.3) is 5.91 Å². The van der Waals surface area contributed by atoms with E-state index in [0.29, 0.717) is 23.0 Å². The Labute approximate surface area is 166 Å². The van der Waals surface area contributed by atoms with Gasteiger partial charge in [0.2, 0.25) is 5.91 Å². The van der Waals surface area contributed by atoms with Crippen LogP contribution in [0, 0.1) is 5.92 Å². The molecular weight excluding hydrogens is 360 g/mol. The van der Waals surface area contributed by atoms with Crippen molar-refractivity contribution in [2.45, 2.75) is 39.2 Å². The van der Waals surface area contributed by atoms with Crippen LogP contribution in [0.25, 0.3) is 0 Å². The number of carbonyl (C=O) groups excluding carboxylic acids is 2. The maximum absolute atomic E-state index is 12.6. The molecule has 0 aromatic heterocycles. The second-order valence-electron chi connectivity index (χ2n) is 7.07. The predicted octanol–water partition coefficient (Wildman–Crippen LogP) is 4.40. The van der Waals surface area contributed by atoms with Gasteiger partial charge in [-0.1, -0.05) is 74.8 Å². The Kier molecular flexibility index (Phi) is 7.86. The molecule has 0 fully saturated rings. The molecule has 5 heteroatoms. The van der Waals surface area contributed by atoms with Crippen molar-refractivity contribution < 1.29 is 9.59 Å². The number of amides is 2. The fourth-order valence-corrected chi connectivity index (χ4v) is 3.09. The minimum absolute atomic E-state index is 0.0389. The second-order valence-corrected chi connectivity index (χ2v) is 7.47. The third-order valence-corrected chi connectivity index (χ3v) is 4.93. The van der Waals surface area contributed by atoms with Crippen LogP contribution in [0.3, 0.4) is 0 Å². The molecule has 2 atom stereocenters. The normalized spacial score (nSPS) is 13.1. The number of hydrogen-bond donors (Lipinski definition) is 2. The third kappa shape index (κ3) is 6.10. The Balaban J connectivity index is 1.91. The van der Waals surface area contributed by atoms with Crippen molar-refractivity contribution in [2.24, 2.45) is 5.92 Å². The summed E-state index contributed by atoms with van der Waals surface area (Å²) in [7, 11) is 0. The fraction of sp³-hybridized carbons (Fsp3) is 0.364. The van der Waals surface area contributed by atoms with E-state index in [1.807, 2.05) is 32.0 Å². The van der Waals surface area contributed by atoms with E-state index >= 15 is 0 Å². The van der Waals surface area contributed by atoms with Gasteiger partial charge in [0.1, 0.15) is 6.04 Å². The van der Waals surface area contributed by atoms with Crippen molar-refractivity contribution in [3.05, 3.63) is 70.7 Å². The van der Waals surface area contributed by atoms with Gasteiger partial charge in [0.05, 0.1) is 10.6 Å². The Hall–Kier alpha value is -2.33. The molecule has 0 spiro atoms. The number of benzene rings is 2. The lowest BCUT2D eigenvalue weighted by molar-refractivity contribution is -0.123. The van der Waals surface area contributed by atoms with Gasteiger partial charge in [-0.25, -0.2) is 0 Å². The minimum Gasteiger partial charge on any atom is -0.354 e. The summed E-state index contributed by atoms with van der Waals surface area (Å²) in [5.74, 6) is -0.206. The second kappa shape index (κ2) is 10.1. The summed E-state index contributed by atoms with van der Waals surface area (Å²) in [6, 6.07) is 16.4. The monoisotopic (exact) mass is 386 g/mol. The molecule has 0 saturated carbocycles. The molecule has 4 nitrogen and oxygen atoms in total. The summed E-state index contributed by atoms with van der Waals surface area (Å²) < 4.78 is 0. The maximum Gasteiger partial charge on any atom is 0.253 e. The zero-order valence-corrected chi connectivity index (χ0v) is 16.8. The van der Waals surface area contributed by atoms with E-state index in [1.165, 1.54) is 5.56 Å². The first-order valence-corrected chi connectivity index (χ1v) is 9.66. The van der Waals surface area contributed by atoms with Crippen molar-refractivity contribution in [3.8, 4) is 0 Å². The number of carbonyl (C=O) groups is 2. The van der Waals surface area contributed by atoms with Crippen LogP contribution in [0.1, 0.15) is 49.0 Å². The lowest BCUT2D eigenvalue weighted by atomic mass is 9.97. The molecule has 0 radical (unpaired) electrons. The number of halogens is 1. The van der Waals surface area contributed by atoms with Crippen molar-refractivity contribution >= 4 is 23.4 Å². The molecule has 2 aromatic carbocycles. The van der Waals surface area contributed by atoms with Gasteiger partial charge in [0.15, 0.2) is 0 Å². The van der Waals surface area contributed by atoms with Gasteiger partial charge in [-0.15, -0.1) is 0 Å². The average Bonchev–Trinajstić information content (AvgIpc) is 2.66. The highest BCUT2D eigenvalue weighted by Gasteiger charge is 2.25. The van der Waals surface area contributed by atoms with Gasteiger partial charge in [-0.2, -0.15) is 0 Å². The van der Waals surface area contributed by atoms with Crippen LogP contribution in [-0.2, 0) is 4.79 Å². The van der Waals surface area contributed by atoms with Crippen LogP contribution in [0.2, 0.25) is 5.02 Å². The summed E-state index contributed by atoms with van der Waals surface area (Å²) in [5, 5.41) is 6.13. The maximum atomic E-state index is 12.6. The highest BCUT2D eigenvalue weighted by Crippen LogP contribution is 2.18. The molecule has 2 rings (SSSR count). The van der Waals surface area contributed by atoms with E-state index in [4.69, 9.17) is 11.6 Å². The van der Waals surface area contributed by atoms with Crippen molar-refractivity contribution in [3.63, 3.8) is 0 Å². The van der Waals surface area contributed by atoms with E-state index in [9.17, 15) is 9.59 Å². The zero-order chi connectivity index (χ0) is 19.8. The molecular formula is C22H27ClN2O2. The molecule has 0 aliphatic rings. The Bertz CT molecular complexity index is 762. The van der Waals surface area contributed by atoms with Crippen LogP contribution >= 0.6 is 11.6 Å². The standard InChI is InChI=1S/C22H27ClN2O2/c1-15(2)20(25-21(26)18-11-7-8-12-19(18)23)22(27)24-14-13-16(3)17-9-5-4-6-10-17/h4-12,15-16,20H,13-14H2,1-3H3,(H,24,27)(H,25,26). The number of hydrogen-bond acceptors (Lipinski definition) is 2. The molecule has 0 aliphatic heterocycles. The summed E-state index contributed by atoms with van der Waals surface area (Å²) in [5.41, 5.74) is 1.62. The first-order chi connectivity index (χ1) is 12.9. The Morgan fingerprint density at radius 3 is 2.22 bits per heavy atom. The molecule has 0 saturated heterocycles. The summed E-state index contributed by atoms with van der Waals surface area (Å²) in [6.45, 7) is 6.51. The van der Waals surface area contributed by atoms with E-state index in [-0.39, 0.29) is 17.7 Å². The van der Waals surface area contributed by atoms with Crippen molar-refractivity contribution in [2.75, 3.05) is 6.54 Å². The highest BCUT2D eigenvalue weighted by atomic mass is 35.5. The molecule has 2 unspecified atom stereocenters. The van der Waals surface area contributed by atoms with Crippen LogP contribution in [0.15, 0.2) is 54.6 Å². The first kappa shape index (κ1) is 21.0. The lowest BCUT2D eigenvalue weighted by Gasteiger charge is -2.22. The van der Waals surface area contributed by atoms with Crippen molar-refractivity contribution in [1.82, 2.24) is 10.6 Å². The van der Waals surface area contributed by atoms with Crippen LogP contribution in [0.4, 0.5) is 0 Å². The zero-order valence-electron chi connectivity index (χ0n) is 16.0. The number of nitrogens with one attached hydrogen (secondary N) is 2. The van der Waals surface area contributed by atoms with Gasteiger partial charge in [0, 0.05) is 6.54 Å². The molecule has 2 N–H and O–H groups in total. The third-order valence-electron chi connectivity index (χ3n) is 4.60. The van der Waals surface area contributed by atoms with E-state index in [0.717, 1.165) is 6.42 Å². The quantitative estimate of drug-likeness (QED) is 0.706. The van der Waals surface area contributed by atoms with Crippen LogP contribution < -0.4 is 10.6 Å². The highest BCUT2D eigenvalue weighted by molar-refractivity contribution is 6.33. The van der Waals surface area contributed by atoms with Crippen LogP contribution in [-0.4, -0.2) is 24.4 Å².